The van der Waals surface area contributed by atoms with E-state index in [-0.39, 0.29) is 5.91 Å². The van der Waals surface area contributed by atoms with Crippen LogP contribution in [0.5, 0.6) is 11.5 Å². The van der Waals surface area contributed by atoms with E-state index in [0.717, 1.165) is 42.6 Å². The minimum Gasteiger partial charge on any atom is -0.493 e. The fourth-order valence-corrected chi connectivity index (χ4v) is 4.38. The summed E-state index contributed by atoms with van der Waals surface area (Å²) in [5.41, 5.74) is 2.15. The summed E-state index contributed by atoms with van der Waals surface area (Å²) >= 11 is 0. The molecule has 1 aromatic heterocycles. The minimum atomic E-state index is -0.0942. The molecule has 0 aliphatic heterocycles. The minimum absolute atomic E-state index is 0.0942. The highest BCUT2D eigenvalue weighted by Crippen LogP contribution is 2.31. The van der Waals surface area contributed by atoms with Crippen LogP contribution < -0.4 is 20.1 Å². The monoisotopic (exact) mass is 492 g/mol. The van der Waals surface area contributed by atoms with Crippen LogP contribution in [0, 0.1) is 11.8 Å². The van der Waals surface area contributed by atoms with Crippen molar-refractivity contribution in [2.75, 3.05) is 45.7 Å². The van der Waals surface area contributed by atoms with Crippen molar-refractivity contribution in [3.8, 4) is 11.5 Å². The molecule has 7 nitrogen and oxygen atoms in total. The molecule has 0 aliphatic rings. The summed E-state index contributed by atoms with van der Waals surface area (Å²) in [7, 11) is 3.20. The van der Waals surface area contributed by atoms with Gasteiger partial charge in [-0.2, -0.15) is 0 Å². The van der Waals surface area contributed by atoms with E-state index in [1.165, 1.54) is 0 Å². The van der Waals surface area contributed by atoms with Gasteiger partial charge in [0.05, 0.1) is 25.3 Å². The third-order valence-corrected chi connectivity index (χ3v) is 5.80. The third kappa shape index (κ3) is 7.59. The molecule has 0 atom stereocenters. The molecule has 0 aliphatic carbocycles. The Balaban J connectivity index is 1.73. The van der Waals surface area contributed by atoms with E-state index in [4.69, 9.17) is 14.5 Å². The second-order valence-electron chi connectivity index (χ2n) is 9.92. The molecule has 3 rings (SSSR count). The number of fused-ring (bicyclic) bond motifs is 1. The van der Waals surface area contributed by atoms with E-state index >= 15 is 0 Å². The Bertz CT molecular complexity index is 1140. The van der Waals surface area contributed by atoms with Gasteiger partial charge in [-0.25, -0.2) is 4.98 Å². The zero-order chi connectivity index (χ0) is 26.1. The molecule has 7 heteroatoms. The smallest absolute Gasteiger partial charge is 0.252 e. The van der Waals surface area contributed by atoms with Crippen LogP contribution >= 0.6 is 0 Å². The Hall–Kier alpha value is -3.32. The average Bonchev–Trinajstić information content (AvgIpc) is 2.85. The van der Waals surface area contributed by atoms with E-state index < -0.39 is 0 Å². The number of methoxy groups -OCH3 is 2. The first-order chi connectivity index (χ1) is 17.3. The second kappa shape index (κ2) is 13.1. The second-order valence-corrected chi connectivity index (χ2v) is 9.92. The van der Waals surface area contributed by atoms with Gasteiger partial charge in [-0.05, 0) is 49.1 Å². The highest BCUT2D eigenvalue weighted by Gasteiger charge is 2.15. The number of ether oxygens (including phenoxy) is 2. The number of hydrogen-bond acceptors (Lipinski definition) is 6. The Morgan fingerprint density at radius 3 is 2.31 bits per heavy atom. The van der Waals surface area contributed by atoms with Crippen molar-refractivity contribution < 1.29 is 14.3 Å². The van der Waals surface area contributed by atoms with Crippen LogP contribution in [0.15, 0.2) is 48.5 Å². The fraction of sp³-hybridized carbons (Fsp3) is 0.448. The number of para-hydroxylation sites is 1. The maximum absolute atomic E-state index is 13.2. The lowest BCUT2D eigenvalue weighted by molar-refractivity contribution is 0.0952. The van der Waals surface area contributed by atoms with E-state index in [2.05, 4.69) is 43.2 Å². The summed E-state index contributed by atoms with van der Waals surface area (Å²) in [6, 6.07) is 15.1. The largest absolute Gasteiger partial charge is 0.493 e. The van der Waals surface area contributed by atoms with E-state index in [9.17, 15) is 4.79 Å². The van der Waals surface area contributed by atoms with Gasteiger partial charge in [0.25, 0.3) is 5.91 Å². The lowest BCUT2D eigenvalue weighted by atomic mass is 10.1. The van der Waals surface area contributed by atoms with E-state index in [0.29, 0.717) is 41.3 Å². The summed E-state index contributed by atoms with van der Waals surface area (Å²) in [5, 5.41) is 7.25. The summed E-state index contributed by atoms with van der Waals surface area (Å²) < 4.78 is 10.7. The average molecular weight is 493 g/mol. The van der Waals surface area contributed by atoms with Gasteiger partial charge in [-0.3, -0.25) is 4.79 Å². The van der Waals surface area contributed by atoms with Crippen molar-refractivity contribution in [3.05, 3.63) is 54.1 Å². The quantitative estimate of drug-likeness (QED) is 0.297. The summed E-state index contributed by atoms with van der Waals surface area (Å²) in [6.45, 7) is 12.7. The molecular weight excluding hydrogens is 452 g/mol. The molecular formula is C29H40N4O3. The predicted molar refractivity (Wildman–Crippen MR) is 148 cm³/mol. The Morgan fingerprint density at radius 2 is 1.64 bits per heavy atom. The molecule has 3 aromatic rings. The van der Waals surface area contributed by atoms with Crippen LogP contribution in [-0.4, -0.2) is 56.2 Å². The van der Waals surface area contributed by atoms with Crippen LogP contribution in [0.25, 0.3) is 10.9 Å². The SMILES string of the molecule is COc1ccc(Nc2cc(C(=O)NCCCN(CC(C)C)CC(C)C)c3ccccc3n2)cc1OC. The summed E-state index contributed by atoms with van der Waals surface area (Å²) in [4.78, 5) is 20.4. The third-order valence-electron chi connectivity index (χ3n) is 5.80. The number of pyridine rings is 1. The number of hydrogen-bond donors (Lipinski definition) is 2. The number of nitrogens with one attached hydrogen (secondary N) is 2. The number of rotatable bonds is 13. The summed E-state index contributed by atoms with van der Waals surface area (Å²) in [5.74, 6) is 3.01. The lowest BCUT2D eigenvalue weighted by Crippen LogP contribution is -2.34. The van der Waals surface area contributed by atoms with Gasteiger partial charge in [0.1, 0.15) is 5.82 Å². The van der Waals surface area contributed by atoms with Crippen molar-refractivity contribution in [1.82, 2.24) is 15.2 Å². The van der Waals surface area contributed by atoms with E-state index in [1.807, 2.05) is 42.5 Å². The molecule has 36 heavy (non-hydrogen) atoms. The van der Waals surface area contributed by atoms with Gasteiger partial charge in [0.2, 0.25) is 0 Å². The van der Waals surface area contributed by atoms with Crippen molar-refractivity contribution >= 4 is 28.3 Å². The van der Waals surface area contributed by atoms with Crippen LogP contribution in [0.3, 0.4) is 0 Å². The molecule has 0 saturated carbocycles. The molecule has 2 N–H and O–H groups in total. The highest BCUT2D eigenvalue weighted by molar-refractivity contribution is 6.07. The van der Waals surface area contributed by atoms with Crippen LogP contribution in [0.4, 0.5) is 11.5 Å². The Morgan fingerprint density at radius 1 is 0.944 bits per heavy atom. The molecule has 0 fully saturated rings. The van der Waals surface area contributed by atoms with Crippen molar-refractivity contribution in [2.45, 2.75) is 34.1 Å². The van der Waals surface area contributed by atoms with Crippen molar-refractivity contribution in [2.24, 2.45) is 11.8 Å². The van der Waals surface area contributed by atoms with Gasteiger partial charge in [0.15, 0.2) is 11.5 Å². The molecule has 0 radical (unpaired) electrons. The first-order valence-corrected chi connectivity index (χ1v) is 12.7. The number of amides is 1. The first-order valence-electron chi connectivity index (χ1n) is 12.7. The number of carbonyl (C=O) groups excluding carboxylic acids is 1. The topological polar surface area (TPSA) is 75.7 Å². The zero-order valence-corrected chi connectivity index (χ0v) is 22.4. The molecule has 194 valence electrons. The van der Waals surface area contributed by atoms with Crippen molar-refractivity contribution in [3.63, 3.8) is 0 Å². The Labute approximate surface area is 215 Å². The van der Waals surface area contributed by atoms with E-state index in [1.54, 1.807) is 20.3 Å². The number of anilines is 2. The molecule has 1 heterocycles. The maximum Gasteiger partial charge on any atom is 0.252 e. The maximum atomic E-state index is 13.2. The van der Waals surface area contributed by atoms with Gasteiger partial charge < -0.3 is 25.0 Å². The van der Waals surface area contributed by atoms with Crippen molar-refractivity contribution in [1.29, 1.82) is 0 Å². The van der Waals surface area contributed by atoms with Crippen LogP contribution in [0.1, 0.15) is 44.5 Å². The number of benzene rings is 2. The van der Waals surface area contributed by atoms with Gasteiger partial charge in [-0.1, -0.05) is 45.9 Å². The summed E-state index contributed by atoms with van der Waals surface area (Å²) in [6.07, 6.45) is 0.908. The highest BCUT2D eigenvalue weighted by atomic mass is 16.5. The number of nitrogens with zero attached hydrogens (tertiary/aromatic N) is 2. The molecule has 0 spiro atoms. The predicted octanol–water partition coefficient (Wildman–Crippen LogP) is 5.73. The Kier molecular flexibility index (Phi) is 9.94. The van der Waals surface area contributed by atoms with Gasteiger partial charge in [0, 0.05) is 36.8 Å². The molecule has 0 bridgehead atoms. The number of carbonyl (C=O) groups is 1. The molecule has 0 saturated heterocycles. The normalized spacial score (nSPS) is 11.4. The molecule has 2 aromatic carbocycles. The fourth-order valence-electron chi connectivity index (χ4n) is 4.38. The molecule has 0 unspecified atom stereocenters. The first kappa shape index (κ1) is 27.3. The molecule has 1 amide bonds. The lowest BCUT2D eigenvalue weighted by Gasteiger charge is -2.26. The zero-order valence-electron chi connectivity index (χ0n) is 22.4. The standard InChI is InChI=1S/C29H40N4O3/c1-20(2)18-33(19-21(3)4)15-9-14-30-29(34)24-17-28(32-25-11-8-7-10-23(24)25)31-22-12-13-26(35-5)27(16-22)36-6/h7-8,10-13,16-17,20-21H,9,14-15,18-19H2,1-6H3,(H,30,34)(H,31,32). The number of aromatic nitrogens is 1. The van der Waals surface area contributed by atoms with Gasteiger partial charge in [-0.15, -0.1) is 0 Å². The van der Waals surface area contributed by atoms with Crippen LogP contribution in [-0.2, 0) is 0 Å². The van der Waals surface area contributed by atoms with Crippen LogP contribution in [0.2, 0.25) is 0 Å². The van der Waals surface area contributed by atoms with Gasteiger partial charge >= 0.3 is 0 Å².